The molecule has 4 atom stereocenters. The maximum absolute atomic E-state index is 14.1. The minimum atomic E-state index is -3.42. The van der Waals surface area contributed by atoms with Crippen LogP contribution in [0.4, 0.5) is 5.69 Å². The molecule has 0 bridgehead atoms. The van der Waals surface area contributed by atoms with Crippen molar-refractivity contribution in [3.63, 3.8) is 0 Å². The number of amides is 2. The zero-order valence-electron chi connectivity index (χ0n) is 25.8. The molecule has 1 heterocycles. The van der Waals surface area contributed by atoms with Gasteiger partial charge in [-0.1, -0.05) is 6.92 Å². The molecule has 1 aromatic rings. The summed E-state index contributed by atoms with van der Waals surface area (Å²) in [7, 11) is 2.00. The standard InChI is InChI=1S/C29H50N4O7S/c1-21-18-33(22(2)20-34)29(36)25-17-24(30-28(35)12-10-15-31(4)5)13-14-26(25)40-23(3)11-8-9-16-39-27(21)19-32(6)41(7,37)38/h13-14,17,21-23,27,34H,8-12,15-16,18-20H2,1-7H3,(H,30,35)/t21-,22-,23+,27+/m0/s1. The number of hydrogen-bond acceptors (Lipinski definition) is 8. The first kappa shape index (κ1) is 34.9. The van der Waals surface area contributed by atoms with E-state index in [-0.39, 0.29) is 43.5 Å². The van der Waals surface area contributed by atoms with Gasteiger partial charge in [-0.3, -0.25) is 9.59 Å². The van der Waals surface area contributed by atoms with Gasteiger partial charge in [-0.25, -0.2) is 12.7 Å². The summed E-state index contributed by atoms with van der Waals surface area (Å²) in [5, 5.41) is 13.0. The lowest BCUT2D eigenvalue weighted by Crippen LogP contribution is -2.47. The lowest BCUT2D eigenvalue weighted by molar-refractivity contribution is -0.116. The number of rotatable bonds is 10. The first-order valence-corrected chi connectivity index (χ1v) is 16.3. The van der Waals surface area contributed by atoms with E-state index >= 15 is 0 Å². The summed E-state index contributed by atoms with van der Waals surface area (Å²) in [6.07, 6.45) is 3.93. The Bertz CT molecular complexity index is 1100. The van der Waals surface area contributed by atoms with Gasteiger partial charge in [0.15, 0.2) is 0 Å². The molecule has 0 aromatic heterocycles. The van der Waals surface area contributed by atoms with E-state index in [1.807, 2.05) is 32.8 Å². The van der Waals surface area contributed by atoms with E-state index in [4.69, 9.17) is 9.47 Å². The molecule has 1 aromatic carbocycles. The minimum Gasteiger partial charge on any atom is -0.490 e. The number of sulfonamides is 1. The average molecular weight is 599 g/mol. The van der Waals surface area contributed by atoms with Crippen LogP contribution < -0.4 is 10.1 Å². The molecular formula is C29H50N4O7S. The molecule has 0 saturated heterocycles. The summed E-state index contributed by atoms with van der Waals surface area (Å²) >= 11 is 0. The smallest absolute Gasteiger partial charge is 0.258 e. The van der Waals surface area contributed by atoms with Gasteiger partial charge in [0.2, 0.25) is 15.9 Å². The fraction of sp³-hybridized carbons (Fsp3) is 0.724. The number of benzene rings is 1. The summed E-state index contributed by atoms with van der Waals surface area (Å²) in [5.41, 5.74) is 0.781. The molecule has 12 heteroatoms. The van der Waals surface area contributed by atoms with Crippen molar-refractivity contribution in [3.05, 3.63) is 23.8 Å². The molecule has 0 aliphatic carbocycles. The van der Waals surface area contributed by atoms with E-state index in [9.17, 15) is 23.1 Å². The molecule has 1 aliphatic rings. The molecule has 2 N–H and O–H groups in total. The first-order valence-electron chi connectivity index (χ1n) is 14.4. The minimum absolute atomic E-state index is 0.140. The van der Waals surface area contributed by atoms with Crippen LogP contribution in [0.15, 0.2) is 18.2 Å². The molecule has 1 aliphatic heterocycles. The summed E-state index contributed by atoms with van der Waals surface area (Å²) in [6, 6.07) is 4.55. The summed E-state index contributed by atoms with van der Waals surface area (Å²) in [4.78, 5) is 30.3. The molecule has 11 nitrogen and oxygen atoms in total. The van der Waals surface area contributed by atoms with E-state index in [0.29, 0.717) is 36.4 Å². The van der Waals surface area contributed by atoms with E-state index < -0.39 is 22.2 Å². The highest BCUT2D eigenvalue weighted by atomic mass is 32.2. The number of hydrogen-bond donors (Lipinski definition) is 2. The average Bonchev–Trinajstić information content (AvgIpc) is 2.89. The first-order chi connectivity index (χ1) is 19.2. The summed E-state index contributed by atoms with van der Waals surface area (Å²) in [5.74, 6) is -0.323. The summed E-state index contributed by atoms with van der Waals surface area (Å²) in [6.45, 7) is 6.97. The van der Waals surface area contributed by atoms with Gasteiger partial charge < -0.3 is 29.7 Å². The Labute approximate surface area is 246 Å². The fourth-order valence-corrected chi connectivity index (χ4v) is 5.05. The molecule has 0 radical (unpaired) electrons. The van der Waals surface area contributed by atoms with E-state index in [0.717, 1.165) is 32.1 Å². The van der Waals surface area contributed by atoms with Crippen LogP contribution in [0.2, 0.25) is 0 Å². The highest BCUT2D eigenvalue weighted by molar-refractivity contribution is 7.88. The van der Waals surface area contributed by atoms with Crippen LogP contribution in [0, 0.1) is 5.92 Å². The van der Waals surface area contributed by atoms with E-state index in [1.165, 1.54) is 11.4 Å². The molecule has 0 spiro atoms. The third kappa shape index (κ3) is 11.5. The monoisotopic (exact) mass is 598 g/mol. The second-order valence-corrected chi connectivity index (χ2v) is 13.6. The number of carbonyl (C=O) groups is 2. The Kier molecular flexibility index (Phi) is 14.0. The molecule has 2 rings (SSSR count). The van der Waals surface area contributed by atoms with E-state index in [2.05, 4.69) is 5.32 Å². The lowest BCUT2D eigenvalue weighted by atomic mass is 10.0. The quantitative estimate of drug-likeness (QED) is 0.421. The van der Waals surface area contributed by atoms with Gasteiger partial charge in [0, 0.05) is 44.8 Å². The van der Waals surface area contributed by atoms with Crippen LogP contribution in [0.3, 0.4) is 0 Å². The Morgan fingerprint density at radius 2 is 1.93 bits per heavy atom. The second-order valence-electron chi connectivity index (χ2n) is 11.5. The van der Waals surface area contributed by atoms with Gasteiger partial charge >= 0.3 is 0 Å². The van der Waals surface area contributed by atoms with Crippen LogP contribution >= 0.6 is 0 Å². The lowest BCUT2D eigenvalue weighted by Gasteiger charge is -2.35. The highest BCUT2D eigenvalue weighted by Crippen LogP contribution is 2.28. The molecular weight excluding hydrogens is 548 g/mol. The van der Waals surface area contributed by atoms with Crippen LogP contribution in [0.5, 0.6) is 5.75 Å². The number of ether oxygens (including phenoxy) is 2. The van der Waals surface area contributed by atoms with Gasteiger partial charge in [-0.2, -0.15) is 0 Å². The Morgan fingerprint density at radius 3 is 2.56 bits per heavy atom. The zero-order chi connectivity index (χ0) is 30.7. The van der Waals surface area contributed by atoms with Crippen LogP contribution in [-0.4, -0.2) is 118 Å². The number of fused-ring (bicyclic) bond motifs is 1. The summed E-state index contributed by atoms with van der Waals surface area (Å²) < 4.78 is 37.9. The molecule has 0 saturated carbocycles. The molecule has 0 unspecified atom stereocenters. The number of aliphatic hydroxyl groups is 1. The number of nitrogens with zero attached hydrogens (tertiary/aromatic N) is 3. The maximum Gasteiger partial charge on any atom is 0.258 e. The molecule has 0 fully saturated rings. The topological polar surface area (TPSA) is 129 Å². The van der Waals surface area contributed by atoms with Crippen LogP contribution in [-0.2, 0) is 19.6 Å². The maximum atomic E-state index is 14.1. The fourth-order valence-electron chi connectivity index (χ4n) is 4.63. The van der Waals surface area contributed by atoms with Crippen molar-refractivity contribution >= 4 is 27.5 Å². The Morgan fingerprint density at radius 1 is 1.22 bits per heavy atom. The van der Waals surface area contributed by atoms with E-state index in [1.54, 1.807) is 30.0 Å². The number of carbonyl (C=O) groups excluding carboxylic acids is 2. The van der Waals surface area contributed by atoms with Crippen molar-refractivity contribution in [2.45, 2.75) is 71.1 Å². The van der Waals surface area contributed by atoms with Crippen molar-refractivity contribution in [3.8, 4) is 5.75 Å². The number of likely N-dealkylation sites (N-methyl/N-ethyl adjacent to an activating group) is 1. The third-order valence-electron chi connectivity index (χ3n) is 7.35. The van der Waals surface area contributed by atoms with Crippen molar-refractivity contribution < 1.29 is 32.6 Å². The predicted molar refractivity (Wildman–Crippen MR) is 161 cm³/mol. The van der Waals surface area contributed by atoms with Crippen molar-refractivity contribution in [1.82, 2.24) is 14.1 Å². The second kappa shape index (κ2) is 16.4. The Hall–Kier alpha value is -2.25. The zero-order valence-corrected chi connectivity index (χ0v) is 26.6. The largest absolute Gasteiger partial charge is 0.490 e. The highest BCUT2D eigenvalue weighted by Gasteiger charge is 2.31. The van der Waals surface area contributed by atoms with Gasteiger partial charge in [-0.15, -0.1) is 0 Å². The van der Waals surface area contributed by atoms with Crippen molar-refractivity contribution in [2.24, 2.45) is 5.92 Å². The van der Waals surface area contributed by atoms with Gasteiger partial charge in [-0.05, 0) is 78.4 Å². The molecule has 234 valence electrons. The van der Waals surface area contributed by atoms with Gasteiger partial charge in [0.25, 0.3) is 5.91 Å². The number of nitrogens with one attached hydrogen (secondary N) is 1. The van der Waals surface area contributed by atoms with Gasteiger partial charge in [0.05, 0.1) is 36.7 Å². The normalized spacial score (nSPS) is 22.1. The van der Waals surface area contributed by atoms with Crippen LogP contribution in [0.25, 0.3) is 0 Å². The van der Waals surface area contributed by atoms with Gasteiger partial charge in [0.1, 0.15) is 5.75 Å². The number of aliphatic hydroxyl groups excluding tert-OH is 1. The Balaban J connectivity index is 2.43. The SMILES string of the molecule is C[C@@H]1CCCCO[C@H](CN(C)S(C)(=O)=O)[C@@H](C)CN([C@@H](C)CO)C(=O)c2cc(NC(=O)CCCN(C)C)ccc2O1. The molecule has 2 amide bonds. The van der Waals surface area contributed by atoms with Crippen molar-refractivity contribution in [2.75, 3.05) is 65.6 Å². The van der Waals surface area contributed by atoms with Crippen LogP contribution in [0.1, 0.15) is 63.2 Å². The predicted octanol–water partition coefficient (Wildman–Crippen LogP) is 2.65. The van der Waals surface area contributed by atoms with Crippen molar-refractivity contribution in [1.29, 1.82) is 0 Å². The third-order valence-corrected chi connectivity index (χ3v) is 8.63. The molecule has 41 heavy (non-hydrogen) atoms. The number of anilines is 1.